The largest absolute Gasteiger partial charge is 0.348 e. The van der Waals surface area contributed by atoms with Crippen LogP contribution >= 0.6 is 11.8 Å². The van der Waals surface area contributed by atoms with E-state index in [2.05, 4.69) is 20.5 Å². The Hall–Kier alpha value is -2.65. The van der Waals surface area contributed by atoms with Gasteiger partial charge in [0.25, 0.3) is 0 Å². The van der Waals surface area contributed by atoms with Gasteiger partial charge in [0.15, 0.2) is 0 Å². The molecular formula is C22H29N5O3S. The molecule has 2 N–H and O–H groups in total. The lowest BCUT2D eigenvalue weighted by Gasteiger charge is -2.15. The van der Waals surface area contributed by atoms with Gasteiger partial charge in [-0.2, -0.15) is 4.98 Å². The fourth-order valence-corrected chi connectivity index (χ4v) is 4.57. The van der Waals surface area contributed by atoms with Gasteiger partial charge in [0.1, 0.15) is 5.03 Å². The molecule has 0 atom stereocenters. The van der Waals surface area contributed by atoms with Crippen LogP contribution in [-0.2, 0) is 29.0 Å². The van der Waals surface area contributed by atoms with E-state index in [1.165, 1.54) is 18.7 Å². The van der Waals surface area contributed by atoms with Crippen molar-refractivity contribution in [1.29, 1.82) is 0 Å². The monoisotopic (exact) mass is 443 g/mol. The van der Waals surface area contributed by atoms with Gasteiger partial charge in [-0.15, -0.1) is 0 Å². The van der Waals surface area contributed by atoms with Crippen molar-refractivity contribution in [1.82, 2.24) is 14.5 Å². The summed E-state index contributed by atoms with van der Waals surface area (Å²) in [5.74, 6) is -0.197. The number of benzene rings is 1. The molecule has 1 aromatic carbocycles. The molecule has 9 heteroatoms. The zero-order chi connectivity index (χ0) is 22.4. The molecule has 8 nitrogen and oxygen atoms in total. The van der Waals surface area contributed by atoms with Crippen molar-refractivity contribution in [3.05, 3.63) is 46.0 Å². The van der Waals surface area contributed by atoms with Gasteiger partial charge in [-0.1, -0.05) is 17.8 Å². The summed E-state index contributed by atoms with van der Waals surface area (Å²) in [6.45, 7) is 3.02. The van der Waals surface area contributed by atoms with Crippen LogP contribution in [0.25, 0.3) is 0 Å². The van der Waals surface area contributed by atoms with E-state index in [0.29, 0.717) is 22.9 Å². The van der Waals surface area contributed by atoms with Gasteiger partial charge < -0.3 is 15.5 Å². The minimum Gasteiger partial charge on any atom is -0.326 e. The maximum absolute atomic E-state index is 12.6. The second-order valence-corrected chi connectivity index (χ2v) is 8.85. The average molecular weight is 444 g/mol. The molecule has 1 aliphatic rings. The van der Waals surface area contributed by atoms with E-state index in [9.17, 15) is 14.4 Å². The second kappa shape index (κ2) is 10.6. The van der Waals surface area contributed by atoms with Gasteiger partial charge in [0, 0.05) is 36.1 Å². The van der Waals surface area contributed by atoms with Crippen LogP contribution in [0.3, 0.4) is 0 Å². The van der Waals surface area contributed by atoms with Crippen molar-refractivity contribution in [3.63, 3.8) is 0 Å². The summed E-state index contributed by atoms with van der Waals surface area (Å²) >= 11 is 1.31. The number of thioether (sulfide) groups is 1. The predicted octanol–water partition coefficient (Wildman–Crippen LogP) is 2.37. The van der Waals surface area contributed by atoms with Gasteiger partial charge in [0.2, 0.25) is 11.8 Å². The summed E-state index contributed by atoms with van der Waals surface area (Å²) in [6.07, 6.45) is 3.67. The SMILES string of the molecule is CC(=O)Nc1cccc(NC(=O)CSc2nc(=O)n(CCCN(C)C)c3c2CCC3)c1. The third-order valence-electron chi connectivity index (χ3n) is 4.99. The van der Waals surface area contributed by atoms with Crippen LogP contribution in [0.15, 0.2) is 34.1 Å². The van der Waals surface area contributed by atoms with Crippen molar-refractivity contribution < 1.29 is 9.59 Å². The fourth-order valence-electron chi connectivity index (χ4n) is 3.69. The Morgan fingerprint density at radius 2 is 1.94 bits per heavy atom. The predicted molar refractivity (Wildman–Crippen MR) is 124 cm³/mol. The molecule has 0 unspecified atom stereocenters. The molecule has 1 aliphatic carbocycles. The van der Waals surface area contributed by atoms with Crippen LogP contribution in [-0.4, -0.2) is 52.7 Å². The number of carbonyl (C=O) groups is 2. The van der Waals surface area contributed by atoms with Crippen LogP contribution in [0.2, 0.25) is 0 Å². The Labute approximate surface area is 186 Å². The van der Waals surface area contributed by atoms with E-state index in [1.807, 2.05) is 18.7 Å². The van der Waals surface area contributed by atoms with E-state index in [1.54, 1.807) is 24.3 Å². The first-order chi connectivity index (χ1) is 14.8. The Kier molecular flexibility index (Phi) is 7.86. The minimum atomic E-state index is -0.231. The maximum atomic E-state index is 12.6. The zero-order valence-corrected chi connectivity index (χ0v) is 19.1. The van der Waals surface area contributed by atoms with Crippen molar-refractivity contribution in [2.45, 2.75) is 44.2 Å². The summed E-state index contributed by atoms with van der Waals surface area (Å²) in [4.78, 5) is 42.7. The van der Waals surface area contributed by atoms with E-state index >= 15 is 0 Å². The Bertz CT molecular complexity index is 1020. The number of aromatic nitrogens is 2. The fraction of sp³-hybridized carbons (Fsp3) is 0.455. The van der Waals surface area contributed by atoms with Crippen molar-refractivity contribution in [2.24, 2.45) is 0 Å². The molecule has 0 saturated carbocycles. The smallest absolute Gasteiger partial charge is 0.326 e. The first kappa shape index (κ1) is 23.0. The van der Waals surface area contributed by atoms with Crippen LogP contribution in [0.5, 0.6) is 0 Å². The first-order valence-corrected chi connectivity index (χ1v) is 11.4. The number of anilines is 2. The van der Waals surface area contributed by atoms with Gasteiger partial charge in [-0.05, 0) is 64.5 Å². The Morgan fingerprint density at radius 1 is 1.19 bits per heavy atom. The number of nitrogens with zero attached hydrogens (tertiary/aromatic N) is 3. The van der Waals surface area contributed by atoms with Crippen molar-refractivity contribution >= 4 is 35.0 Å². The lowest BCUT2D eigenvalue weighted by molar-refractivity contribution is -0.114. The molecule has 2 aromatic rings. The maximum Gasteiger partial charge on any atom is 0.348 e. The first-order valence-electron chi connectivity index (χ1n) is 10.4. The summed E-state index contributed by atoms with van der Waals surface area (Å²) in [7, 11) is 4.04. The molecule has 1 heterocycles. The molecule has 3 rings (SSSR count). The third kappa shape index (κ3) is 6.41. The molecular weight excluding hydrogens is 414 g/mol. The van der Waals surface area contributed by atoms with Gasteiger partial charge in [-0.25, -0.2) is 4.79 Å². The quantitative estimate of drug-likeness (QED) is 0.456. The molecule has 0 aliphatic heterocycles. The molecule has 0 radical (unpaired) electrons. The number of carbonyl (C=O) groups excluding carboxylic acids is 2. The number of hydrogen-bond donors (Lipinski definition) is 2. The highest BCUT2D eigenvalue weighted by Crippen LogP contribution is 2.29. The molecule has 0 fully saturated rings. The van der Waals surface area contributed by atoms with Gasteiger partial charge in [-0.3, -0.25) is 14.2 Å². The Morgan fingerprint density at radius 3 is 2.65 bits per heavy atom. The Balaban J connectivity index is 1.65. The number of rotatable bonds is 9. The van der Waals surface area contributed by atoms with Crippen molar-refractivity contribution in [2.75, 3.05) is 37.0 Å². The van der Waals surface area contributed by atoms with Crippen LogP contribution in [0.1, 0.15) is 31.0 Å². The number of fused-ring (bicyclic) bond motifs is 1. The molecule has 1 aromatic heterocycles. The molecule has 0 saturated heterocycles. The minimum absolute atomic E-state index is 0.161. The summed E-state index contributed by atoms with van der Waals surface area (Å²) in [5.41, 5.74) is 3.17. The summed E-state index contributed by atoms with van der Waals surface area (Å²) < 4.78 is 1.81. The van der Waals surface area contributed by atoms with Crippen molar-refractivity contribution in [3.8, 4) is 0 Å². The molecule has 0 bridgehead atoms. The third-order valence-corrected chi connectivity index (χ3v) is 6.01. The highest BCUT2D eigenvalue weighted by molar-refractivity contribution is 8.00. The number of nitrogens with one attached hydrogen (secondary N) is 2. The highest BCUT2D eigenvalue weighted by atomic mass is 32.2. The normalized spacial score (nSPS) is 12.6. The van der Waals surface area contributed by atoms with Crippen LogP contribution in [0.4, 0.5) is 11.4 Å². The van der Waals surface area contributed by atoms with Crippen LogP contribution in [0, 0.1) is 0 Å². The topological polar surface area (TPSA) is 96.3 Å². The molecule has 0 spiro atoms. The molecule has 166 valence electrons. The van der Waals surface area contributed by atoms with Gasteiger partial charge >= 0.3 is 5.69 Å². The summed E-state index contributed by atoms with van der Waals surface area (Å²) in [5, 5.41) is 6.19. The van der Waals surface area contributed by atoms with E-state index in [0.717, 1.165) is 43.5 Å². The van der Waals surface area contributed by atoms with Crippen LogP contribution < -0.4 is 16.3 Å². The molecule has 2 amide bonds. The zero-order valence-electron chi connectivity index (χ0n) is 18.2. The highest BCUT2D eigenvalue weighted by Gasteiger charge is 2.22. The number of hydrogen-bond acceptors (Lipinski definition) is 6. The van der Waals surface area contributed by atoms with E-state index in [4.69, 9.17) is 0 Å². The van der Waals surface area contributed by atoms with E-state index < -0.39 is 0 Å². The second-order valence-electron chi connectivity index (χ2n) is 7.89. The van der Waals surface area contributed by atoms with E-state index in [-0.39, 0.29) is 23.3 Å². The summed E-state index contributed by atoms with van der Waals surface area (Å²) in [6, 6.07) is 6.98. The lowest BCUT2D eigenvalue weighted by Crippen LogP contribution is -2.29. The number of amides is 2. The lowest BCUT2D eigenvalue weighted by atomic mass is 10.2. The standard InChI is InChI=1S/C22H29N5O3S/c1-15(28)23-16-7-4-8-17(13-16)24-20(29)14-31-21-18-9-5-10-19(18)27(22(30)25-21)12-6-11-26(2)3/h4,7-8,13H,5-6,9-12,14H2,1-3H3,(H,23,28)(H,24,29). The van der Waals surface area contributed by atoms with Gasteiger partial charge in [0.05, 0.1) is 5.75 Å². The molecule has 31 heavy (non-hydrogen) atoms. The average Bonchev–Trinajstić information content (AvgIpc) is 3.17.